The number of fused-ring (bicyclic) bond motifs is 3. The first-order valence-corrected chi connectivity index (χ1v) is 53.8. The predicted octanol–water partition coefficient (Wildman–Crippen LogP) is 24.7. The van der Waals surface area contributed by atoms with Gasteiger partial charge in [0.15, 0.2) is 42.8 Å². The van der Waals surface area contributed by atoms with Gasteiger partial charge in [-0.1, -0.05) is 356 Å². The minimum Gasteiger partial charge on any atom is -0.200 e. The third-order valence-electron chi connectivity index (χ3n) is 30.8. The normalized spacial score (nSPS) is 15.3. The maximum absolute atomic E-state index is 2.64. The van der Waals surface area contributed by atoms with Crippen LogP contribution in [0.25, 0.3) is 66.1 Å². The van der Waals surface area contributed by atoms with Gasteiger partial charge in [-0.05, 0) is 262 Å². The van der Waals surface area contributed by atoms with E-state index in [0.29, 0.717) is 23.7 Å². The lowest BCUT2D eigenvalue weighted by atomic mass is 9.84. The molecule has 0 bridgehead atoms. The van der Waals surface area contributed by atoms with Gasteiger partial charge in [0.1, 0.15) is 21.1 Å². The lowest BCUT2D eigenvalue weighted by Gasteiger charge is -2.44. The highest BCUT2D eigenvalue weighted by Crippen LogP contribution is 2.47. The average molecular weight is 1700 g/mol. The standard InChI is InChI=1S/C43H50NSi.C39H44NSi.C38H42NSi/c1-31-40(33-18-14-15-19-33)29-35(32-16-12-13-17-32)30-41(31)42-39-25-24-38(28-34(39)26-27-44(42)5)45(43(2,3)4,36-20-8-6-9-21-36)37-22-10-7-11-23-37;1-28-25-32(30-15-13-14-16-30)27-37(29(28)2)38-36-22-21-35(26-31(36)23-24-40(38)6)41(39(3,4)5,33-17-9-7-10-18-33)34-19-11-8-12-20-34;1-28-20-21-30(29-14-12-13-15-29)27-36(28)37-35-23-22-34(26-31(35)24-25-39(37)5)40(38(2,3)4,32-16-8-6-9-17-32)33-18-10-7-11-19-33/h6-11,20-30,32-33H,12-19H2,1-5H3;7-12,17-27,30H,13-16H2,1-6H3;6-11,16-27,29H,12-15H2,1-5H3/q3*+1. The van der Waals surface area contributed by atoms with Gasteiger partial charge in [0.2, 0.25) is 17.1 Å². The van der Waals surface area contributed by atoms with Gasteiger partial charge >= 0.3 is 0 Å². The van der Waals surface area contributed by atoms with E-state index in [1.54, 1.807) is 11.1 Å². The van der Waals surface area contributed by atoms with Crippen molar-refractivity contribution < 1.29 is 13.7 Å². The Morgan fingerprint density at radius 1 is 0.238 bits per heavy atom. The number of aromatic nitrogens is 3. The zero-order valence-electron chi connectivity index (χ0n) is 78.5. The number of pyridine rings is 3. The van der Waals surface area contributed by atoms with Crippen molar-refractivity contribution in [2.75, 3.05) is 0 Å². The largest absolute Gasteiger partial charge is 0.220 e. The Balaban J connectivity index is 0.000000134. The maximum atomic E-state index is 2.64. The van der Waals surface area contributed by atoms with Crippen molar-refractivity contribution >= 4 is 103 Å². The van der Waals surface area contributed by atoms with E-state index >= 15 is 0 Å². The highest BCUT2D eigenvalue weighted by Gasteiger charge is 2.52. The minimum atomic E-state index is -2.42. The second kappa shape index (κ2) is 36.3. The Morgan fingerprint density at radius 2 is 0.508 bits per heavy atom. The van der Waals surface area contributed by atoms with Crippen LogP contribution in [0.5, 0.6) is 0 Å². The van der Waals surface area contributed by atoms with Crippen molar-refractivity contribution in [3.63, 3.8) is 0 Å². The SMILES string of the molecule is Cc1c(-c2c3ccc([Si](c4ccccc4)(c4ccccc4)C(C)(C)C)cc3cc[n+]2C)cc(C2CCCC2)cc1C1CCCC1.Cc1cc(C2CCCC2)cc(-c2c3ccc([Si](c4ccccc4)(c4ccccc4)C(C)(C)C)cc3cc[n+]2C)c1C.Cc1ccc(C2CCCC2)cc1-c1c2ccc([Si](c3ccccc3)(c3ccccc3)C(C)(C)C)cc2cc[n+]1C. The summed E-state index contributed by atoms with van der Waals surface area (Å²) in [6.45, 7) is 31.3. The fourth-order valence-corrected chi connectivity index (χ4v) is 41.6. The summed E-state index contributed by atoms with van der Waals surface area (Å²) in [5, 5.41) is 21.5. The van der Waals surface area contributed by atoms with Crippen LogP contribution in [0, 0.1) is 27.7 Å². The number of benzene rings is 12. The van der Waals surface area contributed by atoms with Crippen LogP contribution in [0.4, 0.5) is 0 Å². The molecule has 0 unspecified atom stereocenters. The van der Waals surface area contributed by atoms with Crippen LogP contribution < -0.4 is 60.4 Å². The molecular weight excluding hydrogens is 1570 g/mol. The molecule has 19 rings (SSSR count). The van der Waals surface area contributed by atoms with Crippen molar-refractivity contribution in [2.45, 2.75) is 232 Å². The summed E-state index contributed by atoms with van der Waals surface area (Å²) in [5.41, 5.74) is 20.2. The second-order valence-corrected chi connectivity index (χ2v) is 55.4. The molecule has 3 heterocycles. The Hall–Kier alpha value is -10.5. The molecule has 15 aromatic rings. The van der Waals surface area contributed by atoms with E-state index in [1.807, 2.05) is 0 Å². The Morgan fingerprint density at radius 3 is 0.817 bits per heavy atom. The Bertz CT molecular complexity index is 6250. The summed E-state index contributed by atoms with van der Waals surface area (Å²) in [7, 11) is -0.565. The van der Waals surface area contributed by atoms with Gasteiger partial charge in [0.25, 0.3) is 0 Å². The summed E-state index contributed by atoms with van der Waals surface area (Å²) in [5.74, 6) is 2.84. The summed E-state index contributed by atoms with van der Waals surface area (Å²) in [4.78, 5) is 0. The minimum absolute atomic E-state index is 0.0635. The zero-order chi connectivity index (χ0) is 87.9. The van der Waals surface area contributed by atoms with Gasteiger partial charge in [-0.3, -0.25) is 0 Å². The van der Waals surface area contributed by atoms with E-state index in [0.717, 1.165) is 0 Å². The topological polar surface area (TPSA) is 11.6 Å². The average Bonchev–Trinajstić information content (AvgIpc) is 1.03. The molecule has 4 fully saturated rings. The molecule has 0 amide bonds. The van der Waals surface area contributed by atoms with Gasteiger partial charge in [0, 0.05) is 23.8 Å². The first-order valence-electron chi connectivity index (χ1n) is 47.8. The molecule has 4 saturated carbocycles. The fourth-order valence-electron chi connectivity index (χ4n) is 24.5. The molecule has 640 valence electrons. The Labute approximate surface area is 758 Å². The van der Waals surface area contributed by atoms with Crippen LogP contribution in [-0.2, 0) is 21.1 Å². The molecule has 0 spiro atoms. The van der Waals surface area contributed by atoms with E-state index in [4.69, 9.17) is 0 Å². The summed E-state index contributed by atoms with van der Waals surface area (Å²) >= 11 is 0. The van der Waals surface area contributed by atoms with Crippen LogP contribution in [0.1, 0.15) is 233 Å². The molecule has 3 nitrogen and oxygen atoms in total. The van der Waals surface area contributed by atoms with Gasteiger partial charge < -0.3 is 0 Å². The van der Waals surface area contributed by atoms with Crippen molar-refractivity contribution in [3.05, 3.63) is 360 Å². The molecule has 0 N–H and O–H groups in total. The molecule has 0 radical (unpaired) electrons. The molecule has 3 aromatic heterocycles. The molecule has 4 aliphatic carbocycles. The van der Waals surface area contributed by atoms with Gasteiger partial charge in [-0.2, -0.15) is 0 Å². The first-order chi connectivity index (χ1) is 60.8. The Kier molecular flexibility index (Phi) is 25.3. The zero-order valence-corrected chi connectivity index (χ0v) is 81.5. The van der Waals surface area contributed by atoms with Crippen molar-refractivity contribution in [1.29, 1.82) is 0 Å². The number of hydrogen-bond acceptors (Lipinski definition) is 0. The number of rotatable bonds is 16. The molecule has 4 aliphatic rings. The second-order valence-electron chi connectivity index (χ2n) is 41.2. The van der Waals surface area contributed by atoms with Gasteiger partial charge in [0.05, 0.1) is 27.3 Å². The lowest BCUT2D eigenvalue weighted by Crippen LogP contribution is -2.72. The fraction of sp³-hybridized carbons (Fsp3) is 0.325. The lowest BCUT2D eigenvalue weighted by molar-refractivity contribution is -0.659. The molecule has 126 heavy (non-hydrogen) atoms. The number of nitrogens with zero attached hydrogens (tertiary/aromatic N) is 3. The van der Waals surface area contributed by atoms with Crippen LogP contribution in [0.3, 0.4) is 0 Å². The monoisotopic (exact) mass is 1700 g/mol. The van der Waals surface area contributed by atoms with Crippen molar-refractivity contribution in [2.24, 2.45) is 21.1 Å². The van der Waals surface area contributed by atoms with E-state index in [9.17, 15) is 0 Å². The molecule has 0 saturated heterocycles. The molecular formula is C120H136N3Si3+3. The quantitative estimate of drug-likeness (QED) is 0.0519. The van der Waals surface area contributed by atoms with Gasteiger partial charge in [-0.25, -0.2) is 13.7 Å². The van der Waals surface area contributed by atoms with Crippen LogP contribution in [0.15, 0.2) is 316 Å². The highest BCUT2D eigenvalue weighted by molar-refractivity contribution is 7.14. The third-order valence-corrected chi connectivity index (χ3v) is 48.3. The van der Waals surface area contributed by atoms with E-state index in [2.05, 4.69) is 441 Å². The summed E-state index contributed by atoms with van der Waals surface area (Å²) in [6.07, 6.45) is 28.5. The van der Waals surface area contributed by atoms with Crippen LogP contribution >= 0.6 is 0 Å². The summed E-state index contributed by atoms with van der Waals surface area (Å²) < 4.78 is 7.06. The summed E-state index contributed by atoms with van der Waals surface area (Å²) in [6, 6.07) is 115. The van der Waals surface area contributed by atoms with E-state index in [1.165, 1.54) is 249 Å². The molecule has 12 aromatic carbocycles. The van der Waals surface area contributed by atoms with Crippen molar-refractivity contribution in [1.82, 2.24) is 0 Å². The number of aryl methyl sites for hydroxylation is 5. The van der Waals surface area contributed by atoms with Crippen LogP contribution in [0.2, 0.25) is 15.1 Å². The maximum Gasteiger partial charge on any atom is 0.220 e. The third kappa shape index (κ3) is 16.2. The predicted molar refractivity (Wildman–Crippen MR) is 547 cm³/mol. The number of hydrogen-bond donors (Lipinski definition) is 0. The first kappa shape index (κ1) is 87.6. The van der Waals surface area contributed by atoms with E-state index in [-0.39, 0.29) is 15.1 Å². The van der Waals surface area contributed by atoms with Crippen molar-refractivity contribution in [3.8, 4) is 33.8 Å². The molecule has 0 aliphatic heterocycles. The smallest absolute Gasteiger partial charge is 0.200 e. The molecule has 6 heteroatoms. The molecule has 0 atom stereocenters. The van der Waals surface area contributed by atoms with Gasteiger partial charge in [-0.15, -0.1) is 0 Å². The highest BCUT2D eigenvalue weighted by atomic mass is 28.3. The van der Waals surface area contributed by atoms with E-state index < -0.39 is 24.2 Å². The van der Waals surface area contributed by atoms with Crippen LogP contribution in [-0.4, -0.2) is 24.2 Å².